The lowest BCUT2D eigenvalue weighted by Crippen LogP contribution is -1.96. The first-order valence-corrected chi connectivity index (χ1v) is 8.04. The fraction of sp³-hybridized carbons (Fsp3) is 0.304. The Morgan fingerprint density at radius 3 is 1.72 bits per heavy atom. The van der Waals surface area contributed by atoms with Crippen LogP contribution in [0.2, 0.25) is 0 Å². The molecule has 0 aliphatic rings. The number of rotatable bonds is 3. The highest BCUT2D eigenvalue weighted by Gasteiger charge is 2.03. The Balaban J connectivity index is 0.000000443. The monoisotopic (exact) mass is 338 g/mol. The van der Waals surface area contributed by atoms with Crippen LogP contribution in [-0.2, 0) is 4.79 Å². The highest BCUT2D eigenvalue weighted by molar-refractivity contribution is 5.94. The van der Waals surface area contributed by atoms with Crippen LogP contribution in [0.4, 0.5) is 0 Å². The Hall–Kier alpha value is -2.48. The molecule has 0 amide bonds. The van der Waals surface area contributed by atoms with Gasteiger partial charge in [0.15, 0.2) is 11.6 Å². The molecule has 0 N–H and O–H groups in total. The van der Waals surface area contributed by atoms with Crippen LogP contribution in [0.25, 0.3) is 6.08 Å². The molecule has 2 aromatic rings. The Morgan fingerprint density at radius 1 is 0.840 bits per heavy atom. The number of aryl methyl sites for hydroxylation is 3. The maximum Gasteiger partial charge on any atom is 0.159 e. The van der Waals surface area contributed by atoms with Gasteiger partial charge in [0.1, 0.15) is 0 Å². The normalized spacial score (nSPS) is 9.84. The molecule has 0 radical (unpaired) electrons. The van der Waals surface area contributed by atoms with Crippen molar-refractivity contribution in [3.8, 4) is 0 Å². The van der Waals surface area contributed by atoms with Gasteiger partial charge < -0.3 is 0 Å². The third kappa shape index (κ3) is 7.75. The van der Waals surface area contributed by atoms with Gasteiger partial charge in [-0.05, 0) is 82.0 Å². The van der Waals surface area contributed by atoms with Crippen molar-refractivity contribution in [3.05, 3.63) is 75.9 Å². The molecule has 25 heavy (non-hydrogen) atoms. The molecule has 0 fully saturated rings. The summed E-state index contributed by atoms with van der Waals surface area (Å²) in [4.78, 5) is 21.7. The number of carbonyl (C=O) groups excluding carboxylic acids is 2. The number of allylic oxidation sites excluding steroid dienone is 1. The highest BCUT2D eigenvalue weighted by Crippen LogP contribution is 2.15. The fourth-order valence-electron chi connectivity index (χ4n) is 2.13. The van der Waals surface area contributed by atoms with E-state index in [0.717, 1.165) is 11.1 Å². The van der Waals surface area contributed by atoms with Crippen molar-refractivity contribution in [2.24, 2.45) is 0 Å². The van der Waals surface area contributed by atoms with Crippen molar-refractivity contribution >= 4 is 17.6 Å². The summed E-state index contributed by atoms with van der Waals surface area (Å²) in [5, 5.41) is 0. The molecule has 0 heterocycles. The predicted molar refractivity (Wildman–Crippen MR) is 108 cm³/mol. The molecule has 0 unspecified atom stereocenters. The fourth-order valence-corrected chi connectivity index (χ4v) is 2.13. The third-order valence-corrected chi connectivity index (χ3v) is 3.92. The molecule has 0 atom stereocenters. The summed E-state index contributed by atoms with van der Waals surface area (Å²) in [7, 11) is 0. The molecule has 0 aromatic heterocycles. The predicted octanol–water partition coefficient (Wildman–Crippen LogP) is 6.05. The van der Waals surface area contributed by atoms with Gasteiger partial charge in [-0.2, -0.15) is 0 Å². The van der Waals surface area contributed by atoms with Gasteiger partial charge in [-0.3, -0.25) is 9.59 Å². The zero-order chi connectivity index (χ0) is 18.3. The van der Waals surface area contributed by atoms with Gasteiger partial charge in [-0.1, -0.05) is 43.3 Å². The lowest BCUT2D eigenvalue weighted by atomic mass is 9.99. The number of ketones is 2. The summed E-state index contributed by atoms with van der Waals surface area (Å²) in [6, 6.07) is 11.9. The first kappa shape index (κ1) is 22.5. The second kappa shape index (κ2) is 10.4. The Bertz CT molecular complexity index is 727. The van der Waals surface area contributed by atoms with E-state index >= 15 is 0 Å². The summed E-state index contributed by atoms with van der Waals surface area (Å²) in [5.41, 5.74) is 6.78. The van der Waals surface area contributed by atoms with Crippen LogP contribution in [0, 0.1) is 27.7 Å². The van der Waals surface area contributed by atoms with Crippen molar-refractivity contribution in [1.29, 1.82) is 0 Å². The van der Waals surface area contributed by atoms with Crippen LogP contribution in [-0.4, -0.2) is 11.6 Å². The summed E-state index contributed by atoms with van der Waals surface area (Å²) in [5.74, 6) is 0.219. The maximum atomic E-state index is 11.1. The molecule has 0 spiro atoms. The first-order valence-electron chi connectivity index (χ1n) is 8.04. The molecule has 2 rings (SSSR count). The number of hydrogen-bond acceptors (Lipinski definition) is 2. The zero-order valence-electron chi connectivity index (χ0n) is 15.4. The molecule has 0 bridgehead atoms. The largest absolute Gasteiger partial charge is 0.295 e. The van der Waals surface area contributed by atoms with Gasteiger partial charge in [0.25, 0.3) is 0 Å². The molecule has 134 valence electrons. The van der Waals surface area contributed by atoms with Gasteiger partial charge in [0.05, 0.1) is 0 Å². The molecule has 0 aliphatic heterocycles. The molecule has 2 aromatic carbocycles. The van der Waals surface area contributed by atoms with Gasteiger partial charge in [-0.15, -0.1) is 0 Å². The third-order valence-electron chi connectivity index (χ3n) is 3.92. The maximum absolute atomic E-state index is 11.1. The van der Waals surface area contributed by atoms with Crippen LogP contribution >= 0.6 is 0 Å². The Kier molecular flexibility index (Phi) is 9.37. The molecule has 2 heteroatoms. The van der Waals surface area contributed by atoms with E-state index in [2.05, 4.69) is 6.92 Å². The van der Waals surface area contributed by atoms with Crippen molar-refractivity contribution in [2.45, 2.75) is 49.0 Å². The van der Waals surface area contributed by atoms with E-state index in [1.807, 2.05) is 63.2 Å². The minimum atomic E-state index is 0. The molecular formula is C23H30O2. The topological polar surface area (TPSA) is 34.1 Å². The molecular weight excluding hydrogens is 308 g/mol. The number of carbonyl (C=O) groups is 2. The minimum Gasteiger partial charge on any atom is -0.295 e. The summed E-state index contributed by atoms with van der Waals surface area (Å²) in [6.45, 7) is 11.3. The van der Waals surface area contributed by atoms with Crippen molar-refractivity contribution in [2.75, 3.05) is 0 Å². The van der Waals surface area contributed by atoms with E-state index in [0.29, 0.717) is 0 Å². The van der Waals surface area contributed by atoms with E-state index in [-0.39, 0.29) is 19.0 Å². The van der Waals surface area contributed by atoms with E-state index in [9.17, 15) is 9.59 Å². The standard InChI is InChI=1S/C11H14O.C11H12O.CH4/c1-7-5-11(10(4)12)6-8(2)9(7)3;1-9-3-6-11(7-4-9)8-5-10(2)12;/h5-6H,1-4H3;3-8H,1-2H3;1H4/b;8-5+;. The minimum absolute atomic E-state index is 0. The molecule has 0 saturated carbocycles. The van der Waals surface area contributed by atoms with E-state index in [4.69, 9.17) is 0 Å². The van der Waals surface area contributed by atoms with Crippen molar-refractivity contribution in [1.82, 2.24) is 0 Å². The van der Waals surface area contributed by atoms with Gasteiger partial charge >= 0.3 is 0 Å². The first-order chi connectivity index (χ1) is 11.2. The van der Waals surface area contributed by atoms with Gasteiger partial charge in [-0.25, -0.2) is 0 Å². The SMILES string of the molecule is C.CC(=O)/C=C/c1ccc(C)cc1.CC(=O)c1cc(C)c(C)c(C)c1. The smallest absolute Gasteiger partial charge is 0.159 e. The molecule has 2 nitrogen and oxygen atoms in total. The van der Waals surface area contributed by atoms with E-state index in [1.165, 1.54) is 22.3 Å². The number of benzene rings is 2. The van der Waals surface area contributed by atoms with E-state index < -0.39 is 0 Å². The highest BCUT2D eigenvalue weighted by atomic mass is 16.1. The lowest BCUT2D eigenvalue weighted by Gasteiger charge is -2.06. The lowest BCUT2D eigenvalue weighted by molar-refractivity contribution is -0.112. The van der Waals surface area contributed by atoms with Gasteiger partial charge in [0, 0.05) is 5.56 Å². The Morgan fingerprint density at radius 2 is 1.32 bits per heavy atom. The number of hydrogen-bond donors (Lipinski definition) is 0. The second-order valence-electron chi connectivity index (χ2n) is 6.15. The van der Waals surface area contributed by atoms with Crippen molar-refractivity contribution < 1.29 is 9.59 Å². The average Bonchev–Trinajstić information content (AvgIpc) is 2.52. The molecule has 0 saturated heterocycles. The zero-order valence-corrected chi connectivity index (χ0v) is 15.4. The number of Topliss-reactive ketones (excluding diaryl/α,β-unsaturated/α-hetero) is 1. The Labute approximate surface area is 152 Å². The van der Waals surface area contributed by atoms with E-state index in [1.54, 1.807) is 19.9 Å². The quantitative estimate of drug-likeness (QED) is 0.504. The van der Waals surface area contributed by atoms with Gasteiger partial charge in [0.2, 0.25) is 0 Å². The van der Waals surface area contributed by atoms with Crippen LogP contribution < -0.4 is 0 Å². The summed E-state index contributed by atoms with van der Waals surface area (Å²) >= 11 is 0. The molecule has 0 aliphatic carbocycles. The van der Waals surface area contributed by atoms with Crippen LogP contribution in [0.3, 0.4) is 0 Å². The summed E-state index contributed by atoms with van der Waals surface area (Å²) < 4.78 is 0. The van der Waals surface area contributed by atoms with Crippen LogP contribution in [0.15, 0.2) is 42.5 Å². The van der Waals surface area contributed by atoms with Crippen LogP contribution in [0.1, 0.15) is 59.4 Å². The second-order valence-corrected chi connectivity index (χ2v) is 6.15. The van der Waals surface area contributed by atoms with Crippen LogP contribution in [0.5, 0.6) is 0 Å². The van der Waals surface area contributed by atoms with Crippen molar-refractivity contribution in [3.63, 3.8) is 0 Å². The summed E-state index contributed by atoms with van der Waals surface area (Å²) in [6.07, 6.45) is 3.40. The average molecular weight is 338 g/mol.